The van der Waals surface area contributed by atoms with Crippen LogP contribution in [0, 0.1) is 17.2 Å². The molecule has 1 amide bonds. The van der Waals surface area contributed by atoms with E-state index in [0.29, 0.717) is 29.1 Å². The fourth-order valence-electron chi connectivity index (χ4n) is 3.74. The van der Waals surface area contributed by atoms with Gasteiger partial charge in [-0.1, -0.05) is 25.6 Å². The molecule has 170 valence electrons. The molecule has 11 heteroatoms. The third-order valence-corrected chi connectivity index (χ3v) is 8.60. The normalized spacial score (nSPS) is 24.6. The fraction of sp³-hybridized carbons (Fsp3) is 0.476. The number of anilines is 1. The first-order valence-corrected chi connectivity index (χ1v) is 13.0. The Hall–Kier alpha value is -2.71. The summed E-state index contributed by atoms with van der Waals surface area (Å²) in [5, 5.41) is 12.5. The zero-order valence-electron chi connectivity index (χ0n) is 17.8. The maximum Gasteiger partial charge on any atom is 0.263 e. The van der Waals surface area contributed by atoms with E-state index < -0.39 is 15.7 Å². The smallest absolute Gasteiger partial charge is 0.263 e. The SMILES string of the molecule is CC(C)CCNC(=O)C(C#N)=CN=C1SC2CS(=O)(=O)CC2N1c1ccc2c(c1)OCO2. The number of amidine groups is 1. The third-order valence-electron chi connectivity index (χ3n) is 5.38. The number of rotatable bonds is 6. The van der Waals surface area contributed by atoms with E-state index >= 15 is 0 Å². The van der Waals surface area contributed by atoms with Crippen LogP contribution >= 0.6 is 11.8 Å². The number of aliphatic imine (C=N–C) groups is 1. The van der Waals surface area contributed by atoms with Crippen molar-refractivity contribution in [3.05, 3.63) is 30.0 Å². The number of sulfone groups is 1. The van der Waals surface area contributed by atoms with E-state index in [4.69, 9.17) is 9.47 Å². The van der Waals surface area contributed by atoms with Gasteiger partial charge in [-0.05, 0) is 24.5 Å². The van der Waals surface area contributed by atoms with E-state index in [1.807, 2.05) is 17.0 Å². The van der Waals surface area contributed by atoms with Crippen LogP contribution in [0.3, 0.4) is 0 Å². The summed E-state index contributed by atoms with van der Waals surface area (Å²) in [6, 6.07) is 7.00. The topological polar surface area (TPSA) is 121 Å². The molecule has 2 saturated heterocycles. The number of carbonyl (C=O) groups excluding carboxylic acids is 1. The molecule has 3 aliphatic rings. The van der Waals surface area contributed by atoms with Crippen LogP contribution in [-0.4, -0.2) is 55.6 Å². The lowest BCUT2D eigenvalue weighted by Gasteiger charge is -2.24. The first-order chi connectivity index (χ1) is 15.3. The lowest BCUT2D eigenvalue weighted by molar-refractivity contribution is -0.117. The van der Waals surface area contributed by atoms with Crippen LogP contribution in [0.15, 0.2) is 35.0 Å². The molecule has 0 bridgehead atoms. The van der Waals surface area contributed by atoms with Crippen molar-refractivity contribution in [1.82, 2.24) is 5.32 Å². The molecule has 9 nitrogen and oxygen atoms in total. The summed E-state index contributed by atoms with van der Waals surface area (Å²) in [4.78, 5) is 18.6. The summed E-state index contributed by atoms with van der Waals surface area (Å²) >= 11 is 1.34. The molecule has 32 heavy (non-hydrogen) atoms. The average Bonchev–Trinajstić information content (AvgIpc) is 3.39. The summed E-state index contributed by atoms with van der Waals surface area (Å²) in [5.74, 6) is 1.24. The number of fused-ring (bicyclic) bond motifs is 2. The predicted octanol–water partition coefficient (Wildman–Crippen LogP) is 2.06. The number of nitriles is 1. The van der Waals surface area contributed by atoms with Crippen molar-refractivity contribution in [2.24, 2.45) is 10.9 Å². The Morgan fingerprint density at radius 2 is 2.16 bits per heavy atom. The molecule has 2 fully saturated rings. The molecule has 4 rings (SSSR count). The first kappa shape index (κ1) is 22.5. The van der Waals surface area contributed by atoms with Gasteiger partial charge < -0.3 is 19.7 Å². The highest BCUT2D eigenvalue weighted by Crippen LogP contribution is 2.43. The number of thioether (sulfide) groups is 1. The summed E-state index contributed by atoms with van der Waals surface area (Å²) in [6.45, 7) is 4.72. The second-order valence-electron chi connectivity index (χ2n) is 8.21. The Labute approximate surface area is 191 Å². The van der Waals surface area contributed by atoms with E-state index in [9.17, 15) is 18.5 Å². The molecule has 0 radical (unpaired) electrons. The van der Waals surface area contributed by atoms with Crippen molar-refractivity contribution in [3.8, 4) is 17.6 Å². The molecular weight excluding hydrogens is 452 g/mol. The Morgan fingerprint density at radius 1 is 1.38 bits per heavy atom. The number of hydrogen-bond donors (Lipinski definition) is 1. The van der Waals surface area contributed by atoms with Crippen molar-refractivity contribution in [1.29, 1.82) is 5.26 Å². The van der Waals surface area contributed by atoms with Crippen LogP contribution in [0.25, 0.3) is 0 Å². The molecule has 1 N–H and O–H groups in total. The van der Waals surface area contributed by atoms with Crippen molar-refractivity contribution >= 4 is 38.4 Å². The highest BCUT2D eigenvalue weighted by atomic mass is 32.2. The molecule has 1 aromatic rings. The number of hydrogen-bond acceptors (Lipinski definition) is 8. The van der Waals surface area contributed by atoms with E-state index in [-0.39, 0.29) is 35.2 Å². The van der Waals surface area contributed by atoms with Gasteiger partial charge in [0, 0.05) is 23.5 Å². The Morgan fingerprint density at radius 3 is 2.91 bits per heavy atom. The van der Waals surface area contributed by atoms with Crippen LogP contribution in [0.2, 0.25) is 0 Å². The molecule has 2 atom stereocenters. The summed E-state index contributed by atoms with van der Waals surface area (Å²) in [5.41, 5.74) is 0.621. The molecule has 0 spiro atoms. The van der Waals surface area contributed by atoms with Crippen LogP contribution in [0.1, 0.15) is 20.3 Å². The minimum absolute atomic E-state index is 0.0165. The van der Waals surface area contributed by atoms with Crippen LogP contribution in [0.4, 0.5) is 5.69 Å². The minimum atomic E-state index is -3.15. The van der Waals surface area contributed by atoms with Gasteiger partial charge in [0.15, 0.2) is 26.5 Å². The highest BCUT2D eigenvalue weighted by Gasteiger charge is 2.49. The van der Waals surface area contributed by atoms with E-state index in [2.05, 4.69) is 24.2 Å². The zero-order chi connectivity index (χ0) is 22.9. The number of carbonyl (C=O) groups is 1. The largest absolute Gasteiger partial charge is 0.454 e. The van der Waals surface area contributed by atoms with Crippen LogP contribution in [-0.2, 0) is 14.6 Å². The fourth-order valence-corrected chi connectivity index (χ4v) is 7.63. The van der Waals surface area contributed by atoms with Crippen LogP contribution < -0.4 is 19.7 Å². The van der Waals surface area contributed by atoms with Crippen molar-refractivity contribution < 1.29 is 22.7 Å². The van der Waals surface area contributed by atoms with E-state index in [1.54, 1.807) is 12.1 Å². The van der Waals surface area contributed by atoms with Gasteiger partial charge >= 0.3 is 0 Å². The quantitative estimate of drug-likeness (QED) is 0.489. The average molecular weight is 477 g/mol. The Balaban J connectivity index is 1.61. The Kier molecular flexibility index (Phi) is 6.35. The highest BCUT2D eigenvalue weighted by molar-refractivity contribution is 8.16. The van der Waals surface area contributed by atoms with E-state index in [1.165, 1.54) is 18.0 Å². The molecule has 2 unspecified atom stereocenters. The monoisotopic (exact) mass is 476 g/mol. The summed E-state index contributed by atoms with van der Waals surface area (Å²) < 4.78 is 35.3. The molecule has 3 aliphatic heterocycles. The summed E-state index contributed by atoms with van der Waals surface area (Å²) in [7, 11) is -3.15. The van der Waals surface area contributed by atoms with Gasteiger partial charge in [0.25, 0.3) is 5.91 Å². The van der Waals surface area contributed by atoms with Gasteiger partial charge in [-0.3, -0.25) is 4.79 Å². The van der Waals surface area contributed by atoms with Gasteiger partial charge in [-0.15, -0.1) is 0 Å². The zero-order valence-corrected chi connectivity index (χ0v) is 19.4. The van der Waals surface area contributed by atoms with Gasteiger partial charge in [-0.2, -0.15) is 5.26 Å². The maximum absolute atomic E-state index is 12.3. The summed E-state index contributed by atoms with van der Waals surface area (Å²) in [6.07, 6.45) is 2.06. The number of amides is 1. The first-order valence-electron chi connectivity index (χ1n) is 10.3. The molecule has 3 heterocycles. The Bertz CT molecular complexity index is 1120. The molecule has 0 aromatic heterocycles. The van der Waals surface area contributed by atoms with Gasteiger partial charge in [0.2, 0.25) is 6.79 Å². The number of ether oxygens (including phenoxy) is 2. The van der Waals surface area contributed by atoms with E-state index in [0.717, 1.165) is 12.1 Å². The van der Waals surface area contributed by atoms with Gasteiger partial charge in [0.05, 0.1) is 23.7 Å². The second-order valence-corrected chi connectivity index (χ2v) is 11.6. The molecular formula is C21H24N4O5S2. The molecule has 0 saturated carbocycles. The standard InChI is InChI=1S/C21H24N4O5S2/c1-13(2)5-6-23-20(26)14(8-22)9-24-21-25(16-10-32(27,28)11-19(16)31-21)15-3-4-17-18(7-15)30-12-29-17/h3-4,7,9,13,16,19H,5-6,10-12H2,1-2H3,(H,23,26). The number of nitrogens with zero attached hydrogens (tertiary/aromatic N) is 3. The lowest BCUT2D eigenvalue weighted by Crippen LogP contribution is -2.37. The van der Waals surface area contributed by atoms with Crippen molar-refractivity contribution in [3.63, 3.8) is 0 Å². The number of nitrogens with one attached hydrogen (secondary N) is 1. The predicted molar refractivity (Wildman–Crippen MR) is 122 cm³/mol. The van der Waals surface area contributed by atoms with Gasteiger partial charge in [0.1, 0.15) is 11.6 Å². The molecule has 0 aliphatic carbocycles. The third kappa shape index (κ3) is 4.71. The minimum Gasteiger partial charge on any atom is -0.454 e. The lowest BCUT2D eigenvalue weighted by atomic mass is 10.1. The number of benzene rings is 1. The maximum atomic E-state index is 12.3. The molecule has 1 aromatic carbocycles. The van der Waals surface area contributed by atoms with Crippen molar-refractivity contribution in [2.45, 2.75) is 31.6 Å². The van der Waals surface area contributed by atoms with Gasteiger partial charge in [-0.25, -0.2) is 13.4 Å². The second kappa shape index (κ2) is 9.03. The van der Waals surface area contributed by atoms with Crippen molar-refractivity contribution in [2.75, 3.05) is 29.7 Å². The van der Waals surface area contributed by atoms with Crippen LogP contribution in [0.5, 0.6) is 11.5 Å².